The molecule has 0 bridgehead atoms. The van der Waals surface area contributed by atoms with E-state index in [1.807, 2.05) is 60.7 Å². The Balaban J connectivity index is 1.40. The fourth-order valence-electron chi connectivity index (χ4n) is 4.82. The summed E-state index contributed by atoms with van der Waals surface area (Å²) in [7, 11) is 0. The topological polar surface area (TPSA) is 38.9 Å². The highest BCUT2D eigenvalue weighted by molar-refractivity contribution is 6.12. The third kappa shape index (κ3) is 3.29. The van der Waals surface area contributed by atoms with Crippen LogP contribution in [0.25, 0.3) is 66.6 Å². The van der Waals surface area contributed by atoms with Crippen LogP contribution in [-0.2, 0) is 0 Å². The average molecular weight is 449 g/mol. The maximum atomic E-state index is 6.09. The van der Waals surface area contributed by atoms with Gasteiger partial charge in [-0.25, -0.2) is 9.97 Å². The molecule has 0 atom stereocenters. The van der Waals surface area contributed by atoms with Crippen LogP contribution in [0.1, 0.15) is 0 Å². The lowest BCUT2D eigenvalue weighted by Crippen LogP contribution is -1.95. The maximum absolute atomic E-state index is 6.09. The number of hydrogen-bond donors (Lipinski definition) is 0. The summed E-state index contributed by atoms with van der Waals surface area (Å²) in [4.78, 5) is 10.0. The summed E-state index contributed by atoms with van der Waals surface area (Å²) in [5.74, 6) is 0. The van der Waals surface area contributed by atoms with Crippen LogP contribution < -0.4 is 0 Å². The number of benzene rings is 5. The van der Waals surface area contributed by atoms with E-state index in [2.05, 4.69) is 60.7 Å². The molecule has 7 aromatic rings. The molecule has 5 aromatic carbocycles. The average Bonchev–Trinajstić information content (AvgIpc) is 3.32. The monoisotopic (exact) mass is 448 g/mol. The first-order valence-electron chi connectivity index (χ1n) is 11.7. The van der Waals surface area contributed by atoms with Gasteiger partial charge in [-0.1, -0.05) is 97.1 Å². The van der Waals surface area contributed by atoms with Crippen molar-refractivity contribution >= 4 is 33.0 Å². The van der Waals surface area contributed by atoms with E-state index < -0.39 is 0 Å². The van der Waals surface area contributed by atoms with Crippen molar-refractivity contribution in [1.29, 1.82) is 0 Å². The van der Waals surface area contributed by atoms with Gasteiger partial charge in [-0.3, -0.25) is 0 Å². The largest absolute Gasteiger partial charge is 0.456 e. The van der Waals surface area contributed by atoms with E-state index in [0.717, 1.165) is 66.6 Å². The Morgan fingerprint density at radius 3 is 1.74 bits per heavy atom. The first kappa shape index (κ1) is 19.7. The lowest BCUT2D eigenvalue weighted by atomic mass is 9.97. The third-order valence-corrected chi connectivity index (χ3v) is 6.49. The number of furan rings is 1. The van der Waals surface area contributed by atoms with Crippen LogP contribution >= 0.6 is 0 Å². The Bertz CT molecular complexity index is 1830. The zero-order valence-corrected chi connectivity index (χ0v) is 18.8. The Kier molecular flexibility index (Phi) is 4.46. The smallest absolute Gasteiger partial charge is 0.136 e. The summed E-state index contributed by atoms with van der Waals surface area (Å²) in [6, 6.07) is 41.3. The summed E-state index contributed by atoms with van der Waals surface area (Å²) in [6.45, 7) is 0. The molecule has 0 aliphatic heterocycles. The molecule has 3 nitrogen and oxygen atoms in total. The van der Waals surface area contributed by atoms with Crippen LogP contribution in [-0.4, -0.2) is 9.97 Å². The molecule has 0 saturated heterocycles. The summed E-state index contributed by atoms with van der Waals surface area (Å²) in [5, 5.41) is 2.28. The fraction of sp³-hybridized carbons (Fsp3) is 0. The summed E-state index contributed by atoms with van der Waals surface area (Å²) in [5.41, 5.74) is 9.76. The zero-order chi connectivity index (χ0) is 23.2. The van der Waals surface area contributed by atoms with Crippen molar-refractivity contribution in [3.05, 3.63) is 121 Å². The van der Waals surface area contributed by atoms with Crippen LogP contribution in [0.2, 0.25) is 0 Å². The van der Waals surface area contributed by atoms with Gasteiger partial charge in [-0.05, 0) is 35.4 Å². The highest BCUT2D eigenvalue weighted by Crippen LogP contribution is 2.38. The zero-order valence-electron chi connectivity index (χ0n) is 18.8. The van der Waals surface area contributed by atoms with Gasteiger partial charge < -0.3 is 4.42 Å². The standard InChI is InChI=1S/C32H20N2O/c1-2-9-22(10-3-1)31-32(34-27-14-6-5-13-26(27)33-31)23-19-17-21(18-20-23)24-12-8-16-29-30(24)25-11-4-7-15-28(25)35-29/h1-20H. The van der Waals surface area contributed by atoms with Crippen molar-refractivity contribution in [2.24, 2.45) is 0 Å². The van der Waals surface area contributed by atoms with E-state index in [4.69, 9.17) is 14.4 Å². The minimum atomic E-state index is 0.883. The Morgan fingerprint density at radius 2 is 1.00 bits per heavy atom. The number of hydrogen-bond acceptors (Lipinski definition) is 3. The second-order valence-electron chi connectivity index (χ2n) is 8.63. The van der Waals surface area contributed by atoms with Crippen LogP contribution in [0.3, 0.4) is 0 Å². The SMILES string of the molecule is c1ccc(-c2nc3ccccc3nc2-c2ccc(-c3cccc4oc5ccccc5c34)cc2)cc1. The molecular formula is C32H20N2O. The van der Waals surface area contributed by atoms with Crippen molar-refractivity contribution in [2.45, 2.75) is 0 Å². The highest BCUT2D eigenvalue weighted by Gasteiger charge is 2.15. The van der Waals surface area contributed by atoms with Crippen LogP contribution in [0.5, 0.6) is 0 Å². The first-order chi connectivity index (χ1) is 17.3. The van der Waals surface area contributed by atoms with E-state index in [-0.39, 0.29) is 0 Å². The third-order valence-electron chi connectivity index (χ3n) is 6.49. The van der Waals surface area contributed by atoms with Gasteiger partial charge in [-0.15, -0.1) is 0 Å². The Hall–Kier alpha value is -4.76. The predicted octanol–water partition coefficient (Wildman–Crippen LogP) is 8.53. The van der Waals surface area contributed by atoms with E-state index in [9.17, 15) is 0 Å². The molecule has 0 aliphatic rings. The molecular weight excluding hydrogens is 428 g/mol. The number of rotatable bonds is 3. The number of aromatic nitrogens is 2. The van der Waals surface area contributed by atoms with Gasteiger partial charge in [0.25, 0.3) is 0 Å². The molecule has 164 valence electrons. The normalized spacial score (nSPS) is 11.4. The number of para-hydroxylation sites is 3. The number of fused-ring (bicyclic) bond motifs is 4. The molecule has 35 heavy (non-hydrogen) atoms. The van der Waals surface area contributed by atoms with E-state index >= 15 is 0 Å². The van der Waals surface area contributed by atoms with Gasteiger partial charge in [0.05, 0.1) is 22.4 Å². The van der Waals surface area contributed by atoms with Gasteiger partial charge in [-0.2, -0.15) is 0 Å². The molecule has 0 radical (unpaired) electrons. The summed E-state index contributed by atoms with van der Waals surface area (Å²) >= 11 is 0. The highest BCUT2D eigenvalue weighted by atomic mass is 16.3. The van der Waals surface area contributed by atoms with E-state index in [1.54, 1.807) is 0 Å². The van der Waals surface area contributed by atoms with Gasteiger partial charge in [0.2, 0.25) is 0 Å². The van der Waals surface area contributed by atoms with Crippen molar-refractivity contribution in [3.8, 4) is 33.6 Å². The van der Waals surface area contributed by atoms with Crippen molar-refractivity contribution in [2.75, 3.05) is 0 Å². The fourth-order valence-corrected chi connectivity index (χ4v) is 4.82. The first-order valence-corrected chi connectivity index (χ1v) is 11.7. The molecule has 2 aromatic heterocycles. The van der Waals surface area contributed by atoms with Crippen molar-refractivity contribution in [3.63, 3.8) is 0 Å². The van der Waals surface area contributed by atoms with Crippen LogP contribution in [0, 0.1) is 0 Å². The van der Waals surface area contributed by atoms with Crippen LogP contribution in [0.15, 0.2) is 126 Å². The minimum Gasteiger partial charge on any atom is -0.456 e. The van der Waals surface area contributed by atoms with Crippen molar-refractivity contribution in [1.82, 2.24) is 9.97 Å². The van der Waals surface area contributed by atoms with E-state index in [1.165, 1.54) is 0 Å². The van der Waals surface area contributed by atoms with Gasteiger partial charge in [0.15, 0.2) is 0 Å². The summed E-state index contributed by atoms with van der Waals surface area (Å²) in [6.07, 6.45) is 0. The lowest BCUT2D eigenvalue weighted by molar-refractivity contribution is 0.669. The molecule has 0 spiro atoms. The molecule has 0 unspecified atom stereocenters. The van der Waals surface area contributed by atoms with Crippen molar-refractivity contribution < 1.29 is 4.42 Å². The van der Waals surface area contributed by atoms with E-state index in [0.29, 0.717) is 0 Å². The van der Waals surface area contributed by atoms with Gasteiger partial charge in [0.1, 0.15) is 11.2 Å². The molecule has 0 amide bonds. The van der Waals surface area contributed by atoms with Gasteiger partial charge >= 0.3 is 0 Å². The molecule has 3 heteroatoms. The molecule has 0 saturated carbocycles. The quantitative estimate of drug-likeness (QED) is 0.272. The molecule has 2 heterocycles. The second-order valence-corrected chi connectivity index (χ2v) is 8.63. The summed E-state index contributed by atoms with van der Waals surface area (Å²) < 4.78 is 6.09. The van der Waals surface area contributed by atoms with Crippen LogP contribution in [0.4, 0.5) is 0 Å². The molecule has 7 rings (SSSR count). The number of nitrogens with zero attached hydrogens (tertiary/aromatic N) is 2. The lowest BCUT2D eigenvalue weighted by Gasteiger charge is -2.11. The molecule has 0 aliphatic carbocycles. The predicted molar refractivity (Wildman–Crippen MR) is 143 cm³/mol. The second kappa shape index (κ2) is 7.93. The Labute approximate surface area is 202 Å². The Morgan fingerprint density at radius 1 is 0.429 bits per heavy atom. The molecule has 0 N–H and O–H groups in total. The van der Waals surface area contributed by atoms with Gasteiger partial charge in [0, 0.05) is 21.9 Å². The maximum Gasteiger partial charge on any atom is 0.136 e. The molecule has 0 fully saturated rings. The minimum absolute atomic E-state index is 0.883.